The molecule has 1 aromatic heterocycles. The Bertz CT molecular complexity index is 431. The average molecular weight is 285 g/mol. The van der Waals surface area contributed by atoms with Crippen molar-refractivity contribution in [1.82, 2.24) is 10.3 Å². The van der Waals surface area contributed by atoms with Gasteiger partial charge in [-0.25, -0.2) is 9.78 Å². The summed E-state index contributed by atoms with van der Waals surface area (Å²) in [5.74, 6) is -0.315. The lowest BCUT2D eigenvalue weighted by molar-refractivity contribution is 0.123. The summed E-state index contributed by atoms with van der Waals surface area (Å²) in [6.07, 6.45) is 0.169. The molecule has 0 aliphatic carbocycles. The van der Waals surface area contributed by atoms with Gasteiger partial charge in [-0.2, -0.15) is 4.39 Å². The Morgan fingerprint density at radius 1 is 1.50 bits per heavy atom. The molecule has 1 aromatic rings. The number of pyridine rings is 1. The van der Waals surface area contributed by atoms with Crippen LogP contribution in [0.15, 0.2) is 18.2 Å². The summed E-state index contributed by atoms with van der Waals surface area (Å²) in [4.78, 5) is 14.3. The fraction of sp³-hybridized carbons (Fsp3) is 0.538. The van der Waals surface area contributed by atoms with Gasteiger partial charge in [0.25, 0.3) is 0 Å². The van der Waals surface area contributed by atoms with Crippen LogP contribution in [0.1, 0.15) is 26.2 Å². The molecule has 0 bridgehead atoms. The highest BCUT2D eigenvalue weighted by Gasteiger charge is 2.20. The summed E-state index contributed by atoms with van der Waals surface area (Å²) < 4.78 is 12.9. The number of aliphatic hydroxyl groups is 1. The predicted octanol–water partition coefficient (Wildman–Crippen LogP) is 1.82. The minimum Gasteiger partial charge on any atom is -0.465 e. The van der Waals surface area contributed by atoms with Gasteiger partial charge in [-0.3, -0.25) is 0 Å². The number of nitrogens with one attached hydrogen (secondary N) is 2. The normalized spacial score (nSPS) is 13.6. The van der Waals surface area contributed by atoms with Crippen molar-refractivity contribution in [3.05, 3.63) is 24.1 Å². The van der Waals surface area contributed by atoms with Crippen molar-refractivity contribution in [1.29, 1.82) is 0 Å². The van der Waals surface area contributed by atoms with Crippen LogP contribution in [0.2, 0.25) is 0 Å². The number of hydrogen-bond donors (Lipinski definition) is 4. The molecule has 0 aliphatic rings. The van der Waals surface area contributed by atoms with E-state index >= 15 is 0 Å². The first-order valence-electron chi connectivity index (χ1n) is 6.57. The Morgan fingerprint density at radius 3 is 2.85 bits per heavy atom. The van der Waals surface area contributed by atoms with Gasteiger partial charge in [0.05, 0.1) is 12.1 Å². The number of hydrogen-bond acceptors (Lipinski definition) is 4. The van der Waals surface area contributed by atoms with E-state index in [1.807, 2.05) is 6.92 Å². The van der Waals surface area contributed by atoms with E-state index in [1.165, 1.54) is 12.1 Å². The van der Waals surface area contributed by atoms with Gasteiger partial charge in [0.2, 0.25) is 5.95 Å². The fourth-order valence-electron chi connectivity index (χ4n) is 1.80. The third kappa shape index (κ3) is 5.83. The largest absolute Gasteiger partial charge is 0.465 e. The molecule has 1 rings (SSSR count). The first-order valence-corrected chi connectivity index (χ1v) is 6.57. The van der Waals surface area contributed by atoms with Crippen LogP contribution in [-0.2, 0) is 0 Å². The minimum atomic E-state index is -1.17. The fourth-order valence-corrected chi connectivity index (χ4v) is 1.80. The van der Waals surface area contributed by atoms with Crippen LogP contribution in [0, 0.1) is 5.95 Å². The summed E-state index contributed by atoms with van der Waals surface area (Å²) in [7, 11) is 0. The van der Waals surface area contributed by atoms with Gasteiger partial charge in [-0.05, 0) is 18.6 Å². The van der Waals surface area contributed by atoms with E-state index < -0.39 is 24.2 Å². The number of halogens is 1. The number of amides is 1. The molecular formula is C13H20FN3O3. The number of aromatic nitrogens is 1. The molecule has 2 atom stereocenters. The molecule has 7 heteroatoms. The second kappa shape index (κ2) is 8.31. The lowest BCUT2D eigenvalue weighted by atomic mass is 10.0. The highest BCUT2D eigenvalue weighted by Crippen LogP contribution is 2.08. The maximum absolute atomic E-state index is 12.9. The van der Waals surface area contributed by atoms with Crippen LogP contribution in [0.3, 0.4) is 0 Å². The predicted molar refractivity (Wildman–Crippen MR) is 73.2 cm³/mol. The summed E-state index contributed by atoms with van der Waals surface area (Å²) in [6.45, 7) is 2.07. The maximum Gasteiger partial charge on any atom is 0.404 e. The van der Waals surface area contributed by atoms with Gasteiger partial charge in [0.1, 0.15) is 5.82 Å². The molecule has 0 aliphatic heterocycles. The number of unbranched alkanes of at least 4 members (excludes halogenated alkanes) is 1. The Hall–Kier alpha value is -1.89. The van der Waals surface area contributed by atoms with Crippen molar-refractivity contribution >= 4 is 11.9 Å². The van der Waals surface area contributed by atoms with Gasteiger partial charge >= 0.3 is 6.09 Å². The number of aliphatic hydroxyl groups excluding tert-OH is 1. The molecule has 1 amide bonds. The van der Waals surface area contributed by atoms with Gasteiger partial charge in [-0.1, -0.05) is 25.8 Å². The van der Waals surface area contributed by atoms with Crippen molar-refractivity contribution < 1.29 is 19.4 Å². The topological polar surface area (TPSA) is 94.5 Å². The monoisotopic (exact) mass is 285 g/mol. The quantitative estimate of drug-likeness (QED) is 0.547. The second-order valence-electron chi connectivity index (χ2n) is 4.49. The zero-order chi connectivity index (χ0) is 15.0. The van der Waals surface area contributed by atoms with Crippen LogP contribution in [0.5, 0.6) is 0 Å². The molecule has 4 N–H and O–H groups in total. The Balaban J connectivity index is 2.51. The van der Waals surface area contributed by atoms with Crippen molar-refractivity contribution in [2.75, 3.05) is 11.9 Å². The lowest BCUT2D eigenvalue weighted by Gasteiger charge is -2.23. The highest BCUT2D eigenvalue weighted by molar-refractivity contribution is 5.64. The number of rotatable bonds is 8. The van der Waals surface area contributed by atoms with Crippen LogP contribution >= 0.6 is 0 Å². The third-order valence-corrected chi connectivity index (χ3v) is 2.85. The molecule has 1 heterocycles. The van der Waals surface area contributed by atoms with Crippen molar-refractivity contribution in [3.63, 3.8) is 0 Å². The zero-order valence-electron chi connectivity index (χ0n) is 11.3. The molecule has 0 spiro atoms. The van der Waals surface area contributed by atoms with E-state index in [9.17, 15) is 14.3 Å². The molecule has 0 unspecified atom stereocenters. The first kappa shape index (κ1) is 16.2. The van der Waals surface area contributed by atoms with Crippen molar-refractivity contribution in [2.45, 2.75) is 38.3 Å². The van der Waals surface area contributed by atoms with E-state index in [-0.39, 0.29) is 6.54 Å². The zero-order valence-corrected chi connectivity index (χ0v) is 11.3. The summed E-state index contributed by atoms with van der Waals surface area (Å²) in [5, 5.41) is 23.8. The molecule has 0 saturated carbocycles. The second-order valence-corrected chi connectivity index (χ2v) is 4.49. The van der Waals surface area contributed by atoms with E-state index in [4.69, 9.17) is 5.11 Å². The van der Waals surface area contributed by atoms with Crippen molar-refractivity contribution in [3.8, 4) is 0 Å². The summed E-state index contributed by atoms with van der Waals surface area (Å²) >= 11 is 0. The Morgan fingerprint density at radius 2 is 2.25 bits per heavy atom. The average Bonchev–Trinajstić information content (AvgIpc) is 2.40. The number of carbonyl (C=O) groups is 1. The Kier molecular flexibility index (Phi) is 6.72. The first-order chi connectivity index (χ1) is 9.52. The molecule has 0 fully saturated rings. The van der Waals surface area contributed by atoms with Crippen LogP contribution < -0.4 is 10.6 Å². The molecule has 0 saturated heterocycles. The smallest absolute Gasteiger partial charge is 0.404 e. The SMILES string of the molecule is CCCC[C@H](NC(=O)O)[C@@H](O)CNc1cccc(F)n1. The van der Waals surface area contributed by atoms with Gasteiger partial charge < -0.3 is 20.8 Å². The Labute approximate surface area is 117 Å². The summed E-state index contributed by atoms with van der Waals surface area (Å²) in [5.41, 5.74) is 0. The van der Waals surface area contributed by atoms with Crippen molar-refractivity contribution in [2.24, 2.45) is 0 Å². The maximum atomic E-state index is 12.9. The standard InChI is InChI=1S/C13H20FN3O3/c1-2-3-5-9(16-13(19)20)10(18)8-15-12-7-4-6-11(14)17-12/h4,6-7,9-10,16,18H,2-3,5,8H2,1H3,(H,15,17)(H,19,20)/t9-,10-/m0/s1. The van der Waals surface area contributed by atoms with E-state index in [2.05, 4.69) is 15.6 Å². The van der Waals surface area contributed by atoms with E-state index in [1.54, 1.807) is 6.07 Å². The van der Waals surface area contributed by atoms with Crippen LogP contribution in [0.4, 0.5) is 15.0 Å². The third-order valence-electron chi connectivity index (χ3n) is 2.85. The number of carboxylic acid groups (broad SMARTS) is 1. The van der Waals surface area contributed by atoms with Gasteiger partial charge in [-0.15, -0.1) is 0 Å². The van der Waals surface area contributed by atoms with E-state index in [0.717, 1.165) is 12.8 Å². The highest BCUT2D eigenvalue weighted by atomic mass is 19.1. The van der Waals surface area contributed by atoms with Gasteiger partial charge in [0.15, 0.2) is 0 Å². The summed E-state index contributed by atoms with van der Waals surface area (Å²) in [6, 6.07) is 3.73. The van der Waals surface area contributed by atoms with E-state index in [0.29, 0.717) is 12.2 Å². The molecule has 0 aromatic carbocycles. The minimum absolute atomic E-state index is 0.0884. The number of nitrogens with zero attached hydrogens (tertiary/aromatic N) is 1. The van der Waals surface area contributed by atoms with Crippen LogP contribution in [-0.4, -0.2) is 40.0 Å². The molecular weight excluding hydrogens is 265 g/mol. The number of anilines is 1. The molecule has 0 radical (unpaired) electrons. The lowest BCUT2D eigenvalue weighted by Crippen LogP contribution is -2.45. The van der Waals surface area contributed by atoms with Gasteiger partial charge in [0, 0.05) is 6.54 Å². The molecule has 20 heavy (non-hydrogen) atoms. The molecule has 112 valence electrons. The van der Waals surface area contributed by atoms with Crippen LogP contribution in [0.25, 0.3) is 0 Å². The molecule has 6 nitrogen and oxygen atoms in total.